The van der Waals surface area contributed by atoms with Crippen molar-refractivity contribution in [2.75, 3.05) is 0 Å². The van der Waals surface area contributed by atoms with Crippen molar-refractivity contribution in [2.45, 2.75) is 101 Å². The lowest BCUT2D eigenvalue weighted by atomic mass is 9.97. The van der Waals surface area contributed by atoms with E-state index in [2.05, 4.69) is 0 Å². The van der Waals surface area contributed by atoms with Gasteiger partial charge in [0, 0.05) is 11.1 Å². The van der Waals surface area contributed by atoms with Crippen LogP contribution in [-0.2, 0) is 9.47 Å². The van der Waals surface area contributed by atoms with Crippen LogP contribution >= 0.6 is 0 Å². The van der Waals surface area contributed by atoms with E-state index in [1.807, 2.05) is 0 Å². The van der Waals surface area contributed by atoms with Gasteiger partial charge in [-0.3, -0.25) is 9.59 Å². The molecule has 4 rings (SSSR count). The van der Waals surface area contributed by atoms with Crippen molar-refractivity contribution in [3.8, 4) is 0 Å². The van der Waals surface area contributed by atoms with Crippen molar-refractivity contribution in [3.63, 3.8) is 0 Å². The number of hydrogen-bond acceptors (Lipinski definition) is 8. The van der Waals surface area contributed by atoms with Crippen molar-refractivity contribution in [3.05, 3.63) is 71.3 Å². The summed E-state index contributed by atoms with van der Waals surface area (Å²) in [5.41, 5.74) is -1.52. The number of carbonyl (C=O) groups is 2. The van der Waals surface area contributed by atoms with Gasteiger partial charge in [-0.2, -0.15) is 0 Å². The van der Waals surface area contributed by atoms with Gasteiger partial charge in [0.2, 0.25) is 0 Å². The van der Waals surface area contributed by atoms with E-state index in [1.54, 1.807) is 27.7 Å². The molecule has 0 saturated carbocycles. The number of ether oxygens (including phenoxy) is 2. The van der Waals surface area contributed by atoms with Gasteiger partial charge in [-0.15, -0.1) is 0 Å². The highest BCUT2D eigenvalue weighted by Gasteiger charge is 2.41. The van der Waals surface area contributed by atoms with Crippen molar-refractivity contribution in [2.24, 2.45) is 0 Å². The van der Waals surface area contributed by atoms with Crippen LogP contribution in [0.4, 0.5) is 8.78 Å². The Morgan fingerprint density at radius 2 is 0.975 bits per heavy atom. The fourth-order valence-electron chi connectivity index (χ4n) is 4.74. The van der Waals surface area contributed by atoms with Crippen LogP contribution in [0.15, 0.2) is 48.5 Å². The van der Waals surface area contributed by atoms with Gasteiger partial charge in [0.25, 0.3) is 0 Å². The summed E-state index contributed by atoms with van der Waals surface area (Å²) in [7, 11) is 0. The summed E-state index contributed by atoms with van der Waals surface area (Å²) in [6.45, 7) is 6.53. The second-order valence-corrected chi connectivity index (χ2v) is 11.4. The van der Waals surface area contributed by atoms with Gasteiger partial charge >= 0.3 is 0 Å². The van der Waals surface area contributed by atoms with E-state index in [1.165, 1.54) is 48.5 Å². The van der Waals surface area contributed by atoms with E-state index >= 15 is 0 Å². The number of Topliss-reactive ketones (excluding diaryl/α,β-unsaturated/α-hetero) is 2. The molecule has 40 heavy (non-hydrogen) atoms. The lowest BCUT2D eigenvalue weighted by Gasteiger charge is -2.26. The molecule has 2 fully saturated rings. The molecular formula is C30H38F2O8. The zero-order valence-electron chi connectivity index (χ0n) is 23.1. The maximum atomic E-state index is 12.8. The number of ketones is 2. The Morgan fingerprint density at radius 3 is 1.23 bits per heavy atom. The molecule has 0 aromatic heterocycles. The summed E-state index contributed by atoms with van der Waals surface area (Å²) in [5.74, 6) is -1.86. The van der Waals surface area contributed by atoms with Crippen LogP contribution in [0.2, 0.25) is 0 Å². The van der Waals surface area contributed by atoms with Crippen molar-refractivity contribution < 1.29 is 48.3 Å². The monoisotopic (exact) mass is 564 g/mol. The van der Waals surface area contributed by atoms with E-state index in [-0.39, 0.29) is 11.1 Å². The second-order valence-electron chi connectivity index (χ2n) is 11.4. The third-order valence-electron chi connectivity index (χ3n) is 7.18. The molecule has 2 aliphatic rings. The first kappa shape index (κ1) is 31.9. The standard InChI is InChI=1S/2C15H19FO4/c2*1-15(2,19)12-8-7-11(20-12)14(18)13(17)9-3-5-10(16)6-4-9/h2*3-6,11-12,14,18-19H,7-8H2,1-2H3/t2*11-,12+,14+/m10/s1. The van der Waals surface area contributed by atoms with Crippen LogP contribution in [0, 0.1) is 11.6 Å². The Morgan fingerprint density at radius 1 is 0.675 bits per heavy atom. The highest BCUT2D eigenvalue weighted by Crippen LogP contribution is 2.31. The average molecular weight is 565 g/mol. The predicted molar refractivity (Wildman–Crippen MR) is 142 cm³/mol. The fraction of sp³-hybridized carbons (Fsp3) is 0.533. The minimum atomic E-state index is -1.30. The van der Waals surface area contributed by atoms with Gasteiger partial charge in [-0.05, 0) is 102 Å². The van der Waals surface area contributed by atoms with Crippen LogP contribution in [0.1, 0.15) is 74.1 Å². The maximum Gasteiger partial charge on any atom is 0.193 e. The Bertz CT molecular complexity index is 1050. The molecule has 6 atom stereocenters. The van der Waals surface area contributed by atoms with Crippen molar-refractivity contribution in [1.29, 1.82) is 0 Å². The molecule has 2 aromatic carbocycles. The first-order valence-electron chi connectivity index (χ1n) is 13.3. The Balaban J connectivity index is 0.000000220. The number of benzene rings is 2. The minimum Gasteiger partial charge on any atom is -0.388 e. The molecular weight excluding hydrogens is 526 g/mol. The van der Waals surface area contributed by atoms with Crippen molar-refractivity contribution in [1.82, 2.24) is 0 Å². The molecule has 0 bridgehead atoms. The molecule has 2 saturated heterocycles. The number of aliphatic hydroxyl groups is 4. The molecule has 4 N–H and O–H groups in total. The Hall–Kier alpha value is -2.60. The predicted octanol–water partition coefficient (Wildman–Crippen LogP) is 3.38. The summed E-state index contributed by atoms with van der Waals surface area (Å²) < 4.78 is 36.7. The molecule has 2 aromatic rings. The third-order valence-corrected chi connectivity index (χ3v) is 7.18. The van der Waals surface area contributed by atoms with E-state index < -0.39 is 71.0 Å². The first-order chi connectivity index (χ1) is 18.6. The molecule has 8 nitrogen and oxygen atoms in total. The minimum absolute atomic E-state index is 0.245. The Kier molecular flexibility index (Phi) is 10.3. The summed E-state index contributed by atoms with van der Waals surface area (Å²) >= 11 is 0. The SMILES string of the molecule is CC(C)(O)[C@@H]1CC[C@H]([C@H](O)C(=O)c2ccc(F)cc2)O1.CC(C)(O)[C@H]1CC[C@@H]([C@@H](O)C(=O)c2ccc(F)cc2)O1. The average Bonchev–Trinajstić information content (AvgIpc) is 3.59. The van der Waals surface area contributed by atoms with E-state index in [0.29, 0.717) is 25.7 Å². The van der Waals surface area contributed by atoms with Crippen LogP contribution in [0.3, 0.4) is 0 Å². The van der Waals surface area contributed by atoms with Crippen LogP contribution in [0.5, 0.6) is 0 Å². The molecule has 0 radical (unpaired) electrons. The smallest absolute Gasteiger partial charge is 0.193 e. The molecule has 0 amide bonds. The highest BCUT2D eigenvalue weighted by atomic mass is 19.1. The molecule has 10 heteroatoms. The van der Waals surface area contributed by atoms with E-state index in [4.69, 9.17) is 9.47 Å². The molecule has 2 heterocycles. The number of halogens is 2. The Labute approximate surface area is 232 Å². The van der Waals surface area contributed by atoms with Crippen LogP contribution < -0.4 is 0 Å². The zero-order chi connectivity index (χ0) is 29.8. The molecule has 220 valence electrons. The quantitative estimate of drug-likeness (QED) is 0.359. The van der Waals surface area contributed by atoms with Gasteiger partial charge in [-0.25, -0.2) is 8.78 Å². The van der Waals surface area contributed by atoms with E-state index in [9.17, 15) is 38.8 Å². The number of aliphatic hydroxyl groups excluding tert-OH is 2. The number of rotatable bonds is 8. The molecule has 0 spiro atoms. The lowest BCUT2D eigenvalue weighted by Crippen LogP contribution is -2.39. The number of hydrogen-bond donors (Lipinski definition) is 4. The second kappa shape index (κ2) is 12.9. The summed E-state index contributed by atoms with van der Waals surface area (Å²) in [6.07, 6.45) is -2.49. The zero-order valence-corrected chi connectivity index (χ0v) is 23.1. The summed E-state index contributed by atoms with van der Waals surface area (Å²) in [4.78, 5) is 24.2. The van der Waals surface area contributed by atoms with Gasteiger partial charge < -0.3 is 29.9 Å². The highest BCUT2D eigenvalue weighted by molar-refractivity contribution is 6.00. The third kappa shape index (κ3) is 8.22. The molecule has 0 aliphatic carbocycles. The topological polar surface area (TPSA) is 134 Å². The van der Waals surface area contributed by atoms with E-state index in [0.717, 1.165) is 0 Å². The first-order valence-corrected chi connectivity index (χ1v) is 13.3. The van der Waals surface area contributed by atoms with Gasteiger partial charge in [0.1, 0.15) is 23.8 Å². The summed E-state index contributed by atoms with van der Waals surface area (Å²) in [6, 6.07) is 10.0. The maximum absolute atomic E-state index is 12.8. The molecule has 0 unspecified atom stereocenters. The molecule has 2 aliphatic heterocycles. The van der Waals surface area contributed by atoms with Gasteiger partial charge in [-0.1, -0.05) is 0 Å². The van der Waals surface area contributed by atoms with Gasteiger partial charge in [0.15, 0.2) is 11.6 Å². The van der Waals surface area contributed by atoms with Crippen LogP contribution in [-0.4, -0.2) is 79.8 Å². The van der Waals surface area contributed by atoms with Crippen molar-refractivity contribution >= 4 is 11.6 Å². The summed E-state index contributed by atoms with van der Waals surface area (Å²) in [5, 5.41) is 39.9. The fourth-order valence-corrected chi connectivity index (χ4v) is 4.74. The number of carbonyl (C=O) groups excluding carboxylic acids is 2. The van der Waals surface area contributed by atoms with Crippen LogP contribution in [0.25, 0.3) is 0 Å². The van der Waals surface area contributed by atoms with Gasteiger partial charge in [0.05, 0.1) is 35.6 Å². The lowest BCUT2D eigenvalue weighted by molar-refractivity contribution is -0.102. The largest absolute Gasteiger partial charge is 0.388 e. The normalized spacial score (nSPS) is 24.6.